The Kier molecular flexibility index (Phi) is 11.7. The predicted octanol–water partition coefficient (Wildman–Crippen LogP) is 2.48. The first kappa shape index (κ1) is 24.0. The maximum atomic E-state index is 9.32. The molecule has 0 aromatic heterocycles. The molecule has 1 unspecified atom stereocenters. The topological polar surface area (TPSA) is 69.1 Å². The van der Waals surface area contributed by atoms with Gasteiger partial charge in [-0.3, -0.25) is 4.99 Å². The number of halogens is 1. The molecule has 6 nitrogen and oxygen atoms in total. The van der Waals surface area contributed by atoms with E-state index in [0.29, 0.717) is 6.61 Å². The first-order chi connectivity index (χ1) is 12.7. The van der Waals surface area contributed by atoms with Crippen molar-refractivity contribution in [3.63, 3.8) is 0 Å². The number of aliphatic hydroxyl groups is 1. The van der Waals surface area contributed by atoms with Crippen LogP contribution in [0.5, 0.6) is 0 Å². The molecular formula is C20H35IN4O2. The SMILES string of the molecule is CCN(CCCNC(=NC)NCC1(CCO)CCOC1)c1ccccc1.I. The standard InChI is InChI=1S/C20H34N4O2.HI/c1-3-24(18-8-5-4-6-9-18)13-7-12-22-19(21-2)23-16-20(10-14-25)11-15-26-17-20;/h4-6,8-9,25H,3,7,10-17H2,1-2H3,(H2,21,22,23);1H. The lowest BCUT2D eigenvalue weighted by Gasteiger charge is -2.28. The Hall–Kier alpha value is -1.06. The lowest BCUT2D eigenvalue weighted by Crippen LogP contribution is -2.45. The highest BCUT2D eigenvalue weighted by Crippen LogP contribution is 2.31. The van der Waals surface area contributed by atoms with Gasteiger partial charge in [0.2, 0.25) is 0 Å². The number of nitrogens with one attached hydrogen (secondary N) is 2. The number of hydrogen-bond acceptors (Lipinski definition) is 4. The fourth-order valence-electron chi connectivity index (χ4n) is 3.39. The number of nitrogens with zero attached hydrogens (tertiary/aromatic N) is 2. The van der Waals surface area contributed by atoms with E-state index in [1.807, 2.05) is 6.07 Å². The minimum Gasteiger partial charge on any atom is -0.396 e. The van der Waals surface area contributed by atoms with E-state index in [1.54, 1.807) is 7.05 Å². The van der Waals surface area contributed by atoms with Crippen LogP contribution in [-0.4, -0.2) is 64.1 Å². The Morgan fingerprint density at radius 2 is 2.07 bits per heavy atom. The molecule has 0 amide bonds. The maximum absolute atomic E-state index is 9.32. The van der Waals surface area contributed by atoms with Crippen molar-refractivity contribution in [2.24, 2.45) is 10.4 Å². The fourth-order valence-corrected chi connectivity index (χ4v) is 3.39. The molecule has 3 N–H and O–H groups in total. The van der Waals surface area contributed by atoms with Gasteiger partial charge in [0.1, 0.15) is 0 Å². The van der Waals surface area contributed by atoms with E-state index in [-0.39, 0.29) is 36.0 Å². The third-order valence-electron chi connectivity index (χ3n) is 5.08. The van der Waals surface area contributed by atoms with Crippen LogP contribution >= 0.6 is 24.0 Å². The smallest absolute Gasteiger partial charge is 0.190 e. The number of aliphatic imine (C=N–C) groups is 1. The van der Waals surface area contributed by atoms with Crippen molar-refractivity contribution in [3.8, 4) is 0 Å². The zero-order valence-electron chi connectivity index (χ0n) is 16.6. The normalized spacial score (nSPS) is 19.4. The van der Waals surface area contributed by atoms with Crippen molar-refractivity contribution in [3.05, 3.63) is 30.3 Å². The van der Waals surface area contributed by atoms with Gasteiger partial charge in [-0.25, -0.2) is 0 Å². The summed E-state index contributed by atoms with van der Waals surface area (Å²) in [5.41, 5.74) is 1.29. The van der Waals surface area contributed by atoms with Crippen molar-refractivity contribution < 1.29 is 9.84 Å². The van der Waals surface area contributed by atoms with Gasteiger partial charge < -0.3 is 25.4 Å². The molecule has 1 saturated heterocycles. The molecule has 1 aromatic carbocycles. The van der Waals surface area contributed by atoms with E-state index < -0.39 is 0 Å². The van der Waals surface area contributed by atoms with E-state index in [9.17, 15) is 5.11 Å². The van der Waals surface area contributed by atoms with Crippen LogP contribution < -0.4 is 15.5 Å². The van der Waals surface area contributed by atoms with E-state index in [1.165, 1.54) is 5.69 Å². The van der Waals surface area contributed by atoms with Crippen LogP contribution in [0.3, 0.4) is 0 Å². The van der Waals surface area contributed by atoms with E-state index in [0.717, 1.165) is 58.0 Å². The van der Waals surface area contributed by atoms with Crippen LogP contribution in [0.15, 0.2) is 35.3 Å². The molecule has 1 aromatic rings. The van der Waals surface area contributed by atoms with Gasteiger partial charge in [0.15, 0.2) is 5.96 Å². The molecule has 0 radical (unpaired) electrons. The van der Waals surface area contributed by atoms with Gasteiger partial charge in [0, 0.05) is 57.5 Å². The molecule has 0 aliphatic carbocycles. The summed E-state index contributed by atoms with van der Waals surface area (Å²) in [6.07, 6.45) is 2.79. The predicted molar refractivity (Wildman–Crippen MR) is 123 cm³/mol. The lowest BCUT2D eigenvalue weighted by molar-refractivity contribution is 0.127. The highest BCUT2D eigenvalue weighted by atomic mass is 127. The zero-order valence-corrected chi connectivity index (χ0v) is 18.9. The summed E-state index contributed by atoms with van der Waals surface area (Å²) >= 11 is 0. The van der Waals surface area contributed by atoms with Crippen molar-refractivity contribution in [2.75, 3.05) is 57.9 Å². The number of anilines is 1. The summed E-state index contributed by atoms with van der Waals surface area (Å²) in [7, 11) is 1.79. The minimum atomic E-state index is 0. The molecule has 1 aliphatic heterocycles. The number of para-hydroxylation sites is 1. The van der Waals surface area contributed by atoms with Gasteiger partial charge in [0.05, 0.1) is 6.61 Å². The Labute approximate surface area is 180 Å². The molecule has 2 rings (SSSR count). The number of ether oxygens (including phenoxy) is 1. The Morgan fingerprint density at radius 3 is 2.67 bits per heavy atom. The third-order valence-corrected chi connectivity index (χ3v) is 5.08. The van der Waals surface area contributed by atoms with Crippen LogP contribution in [-0.2, 0) is 4.74 Å². The summed E-state index contributed by atoms with van der Waals surface area (Å²) in [5, 5.41) is 16.1. The third kappa shape index (κ3) is 7.83. The summed E-state index contributed by atoms with van der Waals surface area (Å²) in [5.74, 6) is 0.817. The zero-order chi connectivity index (χ0) is 18.7. The van der Waals surface area contributed by atoms with Crippen molar-refractivity contribution in [1.29, 1.82) is 0 Å². The average molecular weight is 490 g/mol. The summed E-state index contributed by atoms with van der Waals surface area (Å²) < 4.78 is 5.54. The van der Waals surface area contributed by atoms with Crippen LogP contribution in [0.4, 0.5) is 5.69 Å². The van der Waals surface area contributed by atoms with Gasteiger partial charge in [-0.1, -0.05) is 18.2 Å². The highest BCUT2D eigenvalue weighted by molar-refractivity contribution is 14.0. The van der Waals surface area contributed by atoms with Gasteiger partial charge in [-0.15, -0.1) is 24.0 Å². The minimum absolute atomic E-state index is 0. The van der Waals surface area contributed by atoms with Gasteiger partial charge in [-0.2, -0.15) is 0 Å². The Morgan fingerprint density at radius 1 is 1.30 bits per heavy atom. The maximum Gasteiger partial charge on any atom is 0.190 e. The van der Waals surface area contributed by atoms with Crippen molar-refractivity contribution in [1.82, 2.24) is 10.6 Å². The largest absolute Gasteiger partial charge is 0.396 e. The quantitative estimate of drug-likeness (QED) is 0.204. The summed E-state index contributed by atoms with van der Waals surface area (Å²) in [6, 6.07) is 10.5. The number of hydrogen-bond donors (Lipinski definition) is 3. The van der Waals surface area contributed by atoms with Crippen LogP contribution in [0.25, 0.3) is 0 Å². The number of aliphatic hydroxyl groups excluding tert-OH is 1. The number of rotatable bonds is 10. The first-order valence-electron chi connectivity index (χ1n) is 9.66. The second kappa shape index (κ2) is 13.2. The Balaban J connectivity index is 0.00000364. The second-order valence-electron chi connectivity index (χ2n) is 6.90. The molecule has 0 spiro atoms. The van der Waals surface area contributed by atoms with Crippen molar-refractivity contribution >= 4 is 35.6 Å². The van der Waals surface area contributed by atoms with E-state index >= 15 is 0 Å². The van der Waals surface area contributed by atoms with Crippen LogP contribution in [0.2, 0.25) is 0 Å². The van der Waals surface area contributed by atoms with E-state index in [2.05, 4.69) is 51.7 Å². The fraction of sp³-hybridized carbons (Fsp3) is 0.650. The van der Waals surface area contributed by atoms with Gasteiger partial charge in [-0.05, 0) is 38.3 Å². The second-order valence-corrected chi connectivity index (χ2v) is 6.90. The molecule has 7 heteroatoms. The highest BCUT2D eigenvalue weighted by Gasteiger charge is 2.34. The van der Waals surface area contributed by atoms with Crippen LogP contribution in [0, 0.1) is 5.41 Å². The summed E-state index contributed by atoms with van der Waals surface area (Å²) in [6.45, 7) is 7.52. The van der Waals surface area contributed by atoms with Crippen molar-refractivity contribution in [2.45, 2.75) is 26.2 Å². The van der Waals surface area contributed by atoms with E-state index in [4.69, 9.17) is 4.74 Å². The molecule has 27 heavy (non-hydrogen) atoms. The Bertz CT molecular complexity index is 536. The lowest BCUT2D eigenvalue weighted by atomic mass is 9.84. The molecule has 1 atom stereocenters. The summed E-state index contributed by atoms with van der Waals surface area (Å²) in [4.78, 5) is 6.69. The van der Waals surface area contributed by atoms with Gasteiger partial charge in [0.25, 0.3) is 0 Å². The van der Waals surface area contributed by atoms with Crippen LogP contribution in [0.1, 0.15) is 26.2 Å². The first-order valence-corrected chi connectivity index (χ1v) is 9.66. The average Bonchev–Trinajstić information content (AvgIpc) is 3.14. The molecule has 154 valence electrons. The monoisotopic (exact) mass is 490 g/mol. The molecule has 1 aliphatic rings. The molecule has 1 fully saturated rings. The molecule has 0 saturated carbocycles. The molecule has 1 heterocycles. The number of guanidine groups is 1. The van der Waals surface area contributed by atoms with Gasteiger partial charge >= 0.3 is 0 Å². The number of benzene rings is 1. The molecule has 0 bridgehead atoms. The molecular weight excluding hydrogens is 455 g/mol.